The minimum atomic E-state index is -0.979. The van der Waals surface area contributed by atoms with E-state index in [0.717, 1.165) is 0 Å². The van der Waals surface area contributed by atoms with Gasteiger partial charge in [-0.15, -0.1) is 0 Å². The normalized spacial score (nSPS) is 10.3. The van der Waals surface area contributed by atoms with Crippen molar-refractivity contribution in [2.75, 3.05) is 5.32 Å². The molecule has 0 saturated carbocycles. The van der Waals surface area contributed by atoms with Gasteiger partial charge in [0.2, 0.25) is 0 Å². The van der Waals surface area contributed by atoms with Crippen molar-refractivity contribution < 1.29 is 9.90 Å². The van der Waals surface area contributed by atoms with Crippen molar-refractivity contribution in [1.82, 2.24) is 4.98 Å². The van der Waals surface area contributed by atoms with Gasteiger partial charge in [-0.2, -0.15) is 0 Å². The maximum absolute atomic E-state index is 10.8. The third-order valence-corrected chi connectivity index (χ3v) is 1.98. The molecule has 4 nitrogen and oxygen atoms in total. The predicted octanol–water partition coefficient (Wildman–Crippen LogP) is 2.36. The zero-order valence-corrected chi connectivity index (χ0v) is 9.50. The number of carboxylic acid groups (broad SMARTS) is 1. The summed E-state index contributed by atoms with van der Waals surface area (Å²) in [7, 11) is 0. The van der Waals surface area contributed by atoms with E-state index in [2.05, 4.69) is 26.2 Å². The van der Waals surface area contributed by atoms with E-state index in [0.29, 0.717) is 10.3 Å². The number of aromatic carboxylic acids is 1. The fourth-order valence-corrected chi connectivity index (χ4v) is 1.36. The van der Waals surface area contributed by atoms with Crippen LogP contribution in [0.4, 0.5) is 5.69 Å². The molecule has 0 aliphatic carbocycles. The summed E-state index contributed by atoms with van der Waals surface area (Å²) in [6.45, 7) is 3.89. The second-order valence-corrected chi connectivity index (χ2v) is 3.97. The summed E-state index contributed by atoms with van der Waals surface area (Å²) < 4.78 is 0.616. The highest BCUT2D eigenvalue weighted by atomic mass is 79.9. The van der Waals surface area contributed by atoms with E-state index in [1.807, 2.05) is 13.8 Å². The molecule has 0 bridgehead atoms. The SMILES string of the molecule is CC(C)Nc1cc(Br)ncc1C(=O)O. The van der Waals surface area contributed by atoms with Crippen molar-refractivity contribution in [3.8, 4) is 0 Å². The van der Waals surface area contributed by atoms with Gasteiger partial charge >= 0.3 is 5.97 Å². The molecule has 0 spiro atoms. The first-order valence-electron chi connectivity index (χ1n) is 4.16. The smallest absolute Gasteiger partial charge is 0.339 e. The molecule has 0 amide bonds. The van der Waals surface area contributed by atoms with Crippen LogP contribution in [0.1, 0.15) is 24.2 Å². The number of rotatable bonds is 3. The van der Waals surface area contributed by atoms with Crippen molar-refractivity contribution in [2.24, 2.45) is 0 Å². The Balaban J connectivity index is 3.09. The molecule has 1 heterocycles. The van der Waals surface area contributed by atoms with Gasteiger partial charge in [-0.05, 0) is 35.8 Å². The quantitative estimate of drug-likeness (QED) is 0.818. The van der Waals surface area contributed by atoms with E-state index in [1.54, 1.807) is 6.07 Å². The van der Waals surface area contributed by atoms with Crippen molar-refractivity contribution in [3.63, 3.8) is 0 Å². The van der Waals surface area contributed by atoms with Gasteiger partial charge in [0, 0.05) is 12.2 Å². The average Bonchev–Trinajstić information content (AvgIpc) is 2.01. The largest absolute Gasteiger partial charge is 0.478 e. The molecule has 0 saturated heterocycles. The van der Waals surface area contributed by atoms with E-state index in [1.165, 1.54) is 6.20 Å². The first-order chi connectivity index (χ1) is 6.50. The average molecular weight is 259 g/mol. The number of carboxylic acids is 1. The Labute approximate surface area is 90.5 Å². The van der Waals surface area contributed by atoms with Crippen LogP contribution in [0.5, 0.6) is 0 Å². The van der Waals surface area contributed by atoms with Gasteiger partial charge in [0.25, 0.3) is 0 Å². The Hall–Kier alpha value is -1.10. The van der Waals surface area contributed by atoms with Gasteiger partial charge in [-0.1, -0.05) is 0 Å². The number of halogens is 1. The minimum Gasteiger partial charge on any atom is -0.478 e. The fourth-order valence-electron chi connectivity index (χ4n) is 1.03. The predicted molar refractivity (Wildman–Crippen MR) is 57.7 cm³/mol. The lowest BCUT2D eigenvalue weighted by molar-refractivity contribution is 0.0697. The van der Waals surface area contributed by atoms with Crippen LogP contribution in [0.15, 0.2) is 16.9 Å². The molecule has 76 valence electrons. The minimum absolute atomic E-state index is 0.182. The lowest BCUT2D eigenvalue weighted by atomic mass is 10.2. The number of hydrogen-bond acceptors (Lipinski definition) is 3. The van der Waals surface area contributed by atoms with Gasteiger partial charge in [-0.25, -0.2) is 9.78 Å². The number of aromatic nitrogens is 1. The highest BCUT2D eigenvalue weighted by Crippen LogP contribution is 2.19. The highest BCUT2D eigenvalue weighted by molar-refractivity contribution is 9.10. The Morgan fingerprint density at radius 3 is 2.79 bits per heavy atom. The van der Waals surface area contributed by atoms with Crippen LogP contribution < -0.4 is 5.32 Å². The second-order valence-electron chi connectivity index (χ2n) is 3.16. The number of anilines is 1. The Morgan fingerprint density at radius 2 is 2.29 bits per heavy atom. The van der Waals surface area contributed by atoms with Gasteiger partial charge in [0.05, 0.1) is 5.69 Å². The molecular formula is C9H11BrN2O2. The second kappa shape index (κ2) is 4.41. The summed E-state index contributed by atoms with van der Waals surface area (Å²) in [5, 5.41) is 11.9. The molecular weight excluding hydrogens is 248 g/mol. The molecule has 0 radical (unpaired) electrons. The molecule has 14 heavy (non-hydrogen) atoms. The van der Waals surface area contributed by atoms with Crippen LogP contribution in [0, 0.1) is 0 Å². The van der Waals surface area contributed by atoms with E-state index in [4.69, 9.17) is 5.11 Å². The third kappa shape index (κ3) is 2.70. The first kappa shape index (κ1) is 11.0. The lowest BCUT2D eigenvalue weighted by Crippen LogP contribution is -2.13. The monoisotopic (exact) mass is 258 g/mol. The van der Waals surface area contributed by atoms with E-state index in [-0.39, 0.29) is 11.6 Å². The lowest BCUT2D eigenvalue weighted by Gasteiger charge is -2.12. The molecule has 0 fully saturated rings. The maximum Gasteiger partial charge on any atom is 0.339 e. The van der Waals surface area contributed by atoms with Gasteiger partial charge in [-0.3, -0.25) is 0 Å². The van der Waals surface area contributed by atoms with E-state index in [9.17, 15) is 4.79 Å². The highest BCUT2D eigenvalue weighted by Gasteiger charge is 2.11. The number of nitrogens with one attached hydrogen (secondary N) is 1. The van der Waals surface area contributed by atoms with Crippen LogP contribution in [-0.2, 0) is 0 Å². The molecule has 2 N–H and O–H groups in total. The molecule has 1 rings (SSSR count). The van der Waals surface area contributed by atoms with Crippen LogP contribution in [0.2, 0.25) is 0 Å². The Morgan fingerprint density at radius 1 is 1.64 bits per heavy atom. The summed E-state index contributed by atoms with van der Waals surface area (Å²) in [5.74, 6) is -0.979. The molecule has 0 atom stereocenters. The standard InChI is InChI=1S/C9H11BrN2O2/c1-5(2)12-7-3-8(10)11-4-6(7)9(13)14/h3-5H,1-2H3,(H,11,12)(H,13,14). The topological polar surface area (TPSA) is 62.2 Å². The number of carbonyl (C=O) groups is 1. The molecule has 1 aromatic heterocycles. The number of nitrogens with zero attached hydrogens (tertiary/aromatic N) is 1. The maximum atomic E-state index is 10.8. The molecule has 0 aliphatic rings. The first-order valence-corrected chi connectivity index (χ1v) is 4.95. The zero-order chi connectivity index (χ0) is 10.7. The molecule has 1 aromatic rings. The number of hydrogen-bond donors (Lipinski definition) is 2. The molecule has 5 heteroatoms. The molecule has 0 aliphatic heterocycles. The van der Waals surface area contributed by atoms with Gasteiger partial charge in [0.1, 0.15) is 10.2 Å². The van der Waals surface area contributed by atoms with Crippen molar-refractivity contribution in [3.05, 3.63) is 22.4 Å². The molecule has 0 unspecified atom stereocenters. The number of pyridine rings is 1. The van der Waals surface area contributed by atoms with Crippen molar-refractivity contribution in [1.29, 1.82) is 0 Å². The third-order valence-electron chi connectivity index (χ3n) is 1.55. The summed E-state index contributed by atoms with van der Waals surface area (Å²) >= 11 is 3.19. The van der Waals surface area contributed by atoms with E-state index >= 15 is 0 Å². The van der Waals surface area contributed by atoms with Crippen molar-refractivity contribution >= 4 is 27.6 Å². The molecule has 0 aromatic carbocycles. The Kier molecular flexibility index (Phi) is 3.46. The fraction of sp³-hybridized carbons (Fsp3) is 0.333. The summed E-state index contributed by atoms with van der Waals surface area (Å²) in [4.78, 5) is 14.7. The summed E-state index contributed by atoms with van der Waals surface area (Å²) in [5.41, 5.74) is 0.760. The Bertz CT molecular complexity index is 353. The zero-order valence-electron chi connectivity index (χ0n) is 7.91. The van der Waals surface area contributed by atoms with Crippen LogP contribution >= 0.6 is 15.9 Å². The van der Waals surface area contributed by atoms with E-state index < -0.39 is 5.97 Å². The van der Waals surface area contributed by atoms with Crippen LogP contribution in [0.3, 0.4) is 0 Å². The van der Waals surface area contributed by atoms with Crippen LogP contribution in [-0.4, -0.2) is 22.1 Å². The summed E-state index contributed by atoms with van der Waals surface area (Å²) in [6.07, 6.45) is 1.33. The summed E-state index contributed by atoms with van der Waals surface area (Å²) in [6, 6.07) is 1.84. The van der Waals surface area contributed by atoms with Gasteiger partial charge in [0.15, 0.2) is 0 Å². The van der Waals surface area contributed by atoms with Crippen LogP contribution in [0.25, 0.3) is 0 Å². The van der Waals surface area contributed by atoms with Crippen molar-refractivity contribution in [2.45, 2.75) is 19.9 Å². The van der Waals surface area contributed by atoms with Gasteiger partial charge < -0.3 is 10.4 Å².